The normalized spacial score (nSPS) is 10.2. The van der Waals surface area contributed by atoms with Crippen LogP contribution in [0.25, 0.3) is 0 Å². The van der Waals surface area contributed by atoms with Crippen molar-refractivity contribution in [3.8, 4) is 0 Å². The number of carboxylic acids is 1. The largest absolute Gasteiger partial charge is 0.478 e. The van der Waals surface area contributed by atoms with Gasteiger partial charge in [0.05, 0.1) is 0 Å². The lowest BCUT2D eigenvalue weighted by atomic mass is 10.5. The van der Waals surface area contributed by atoms with Crippen LogP contribution in [0.5, 0.6) is 0 Å². The molecule has 13 heavy (non-hydrogen) atoms. The van der Waals surface area contributed by atoms with Crippen LogP contribution in [-0.4, -0.2) is 21.7 Å². The summed E-state index contributed by atoms with van der Waals surface area (Å²) < 4.78 is 1.43. The number of carbonyl (C=O) groups is 2. The van der Waals surface area contributed by atoms with E-state index in [2.05, 4.69) is 5.43 Å². The molecule has 0 fully saturated rings. The van der Waals surface area contributed by atoms with Gasteiger partial charge in [0, 0.05) is 24.5 Å². The van der Waals surface area contributed by atoms with Gasteiger partial charge in [-0.05, 0) is 12.1 Å². The first-order chi connectivity index (χ1) is 6.18. The second-order valence-electron chi connectivity index (χ2n) is 2.24. The van der Waals surface area contributed by atoms with E-state index in [1.807, 2.05) is 0 Å². The van der Waals surface area contributed by atoms with E-state index >= 15 is 0 Å². The number of aliphatic carboxylic acids is 1. The maximum atomic E-state index is 10.9. The highest BCUT2D eigenvalue weighted by Crippen LogP contribution is 1.85. The number of aromatic nitrogens is 1. The lowest BCUT2D eigenvalue weighted by Crippen LogP contribution is -2.19. The van der Waals surface area contributed by atoms with Gasteiger partial charge in [0.25, 0.3) is 5.91 Å². The minimum atomic E-state index is -1.15. The number of hydrogen-bond donors (Lipinski definition) is 2. The van der Waals surface area contributed by atoms with E-state index in [0.29, 0.717) is 0 Å². The van der Waals surface area contributed by atoms with Crippen molar-refractivity contribution in [2.75, 3.05) is 5.43 Å². The zero-order chi connectivity index (χ0) is 9.68. The van der Waals surface area contributed by atoms with Gasteiger partial charge in [-0.15, -0.1) is 0 Å². The lowest BCUT2D eigenvalue weighted by molar-refractivity contribution is -0.131. The second kappa shape index (κ2) is 4.10. The third-order valence-corrected chi connectivity index (χ3v) is 1.22. The number of nitrogens with zero attached hydrogens (tertiary/aromatic N) is 1. The molecule has 0 aliphatic carbocycles. The minimum absolute atomic E-state index is 0.487. The van der Waals surface area contributed by atoms with Crippen molar-refractivity contribution >= 4 is 11.9 Å². The Bertz CT molecular complexity index is 327. The molecule has 0 saturated carbocycles. The van der Waals surface area contributed by atoms with Gasteiger partial charge in [-0.1, -0.05) is 0 Å². The molecule has 1 heterocycles. The van der Waals surface area contributed by atoms with E-state index in [1.54, 1.807) is 24.5 Å². The highest BCUT2D eigenvalue weighted by Gasteiger charge is 1.95. The number of carboxylic acid groups (broad SMARTS) is 1. The molecule has 1 aromatic heterocycles. The van der Waals surface area contributed by atoms with Crippen LogP contribution in [0.15, 0.2) is 36.7 Å². The quantitative estimate of drug-likeness (QED) is 0.652. The molecular weight excluding hydrogens is 172 g/mol. The SMILES string of the molecule is O=C(O)/C=C/C(=O)Nn1cccc1. The Hall–Kier alpha value is -2.04. The maximum Gasteiger partial charge on any atom is 0.328 e. The molecule has 0 spiro atoms. The van der Waals surface area contributed by atoms with Crippen LogP contribution < -0.4 is 5.43 Å². The standard InChI is InChI=1S/C8H8N2O3/c11-7(3-4-8(12)13)9-10-5-1-2-6-10/h1-6H,(H,9,11)(H,12,13)/b4-3+. The average Bonchev–Trinajstić information content (AvgIpc) is 2.53. The molecule has 1 rings (SSSR count). The first kappa shape index (κ1) is 9.05. The van der Waals surface area contributed by atoms with Crippen molar-refractivity contribution in [3.63, 3.8) is 0 Å². The van der Waals surface area contributed by atoms with Gasteiger partial charge < -0.3 is 5.11 Å². The fourth-order valence-electron chi connectivity index (χ4n) is 0.721. The maximum absolute atomic E-state index is 10.9. The number of rotatable bonds is 3. The summed E-state index contributed by atoms with van der Waals surface area (Å²) in [4.78, 5) is 21.0. The molecule has 68 valence electrons. The van der Waals surface area contributed by atoms with Crippen molar-refractivity contribution in [2.45, 2.75) is 0 Å². The van der Waals surface area contributed by atoms with E-state index in [4.69, 9.17) is 5.11 Å². The minimum Gasteiger partial charge on any atom is -0.478 e. The summed E-state index contributed by atoms with van der Waals surface area (Å²) in [5.74, 6) is -1.64. The summed E-state index contributed by atoms with van der Waals surface area (Å²) in [5, 5.41) is 8.21. The van der Waals surface area contributed by atoms with E-state index in [9.17, 15) is 9.59 Å². The predicted molar refractivity (Wildman–Crippen MR) is 45.6 cm³/mol. The van der Waals surface area contributed by atoms with Gasteiger partial charge in [-0.2, -0.15) is 0 Å². The summed E-state index contributed by atoms with van der Waals surface area (Å²) in [5.41, 5.74) is 2.40. The molecule has 0 bridgehead atoms. The predicted octanol–water partition coefficient (Wildman–Crippen LogP) is 0.199. The zero-order valence-corrected chi connectivity index (χ0v) is 6.68. The Kier molecular flexibility index (Phi) is 2.86. The van der Waals surface area contributed by atoms with Gasteiger partial charge in [0.1, 0.15) is 0 Å². The molecule has 0 unspecified atom stereocenters. The fraction of sp³-hybridized carbons (Fsp3) is 0. The van der Waals surface area contributed by atoms with Crippen LogP contribution in [0.3, 0.4) is 0 Å². The Labute approximate surface area is 74.3 Å². The lowest BCUT2D eigenvalue weighted by Gasteiger charge is -2.00. The van der Waals surface area contributed by atoms with Crippen LogP contribution >= 0.6 is 0 Å². The van der Waals surface area contributed by atoms with E-state index in [-0.39, 0.29) is 0 Å². The van der Waals surface area contributed by atoms with Crippen LogP contribution in [-0.2, 0) is 9.59 Å². The molecule has 1 amide bonds. The van der Waals surface area contributed by atoms with Crippen LogP contribution in [0.2, 0.25) is 0 Å². The molecule has 0 radical (unpaired) electrons. The third kappa shape index (κ3) is 3.24. The number of amides is 1. The van der Waals surface area contributed by atoms with Crippen LogP contribution in [0.1, 0.15) is 0 Å². The topological polar surface area (TPSA) is 71.3 Å². The highest BCUT2D eigenvalue weighted by atomic mass is 16.4. The first-order valence-corrected chi connectivity index (χ1v) is 3.53. The molecule has 0 aromatic carbocycles. The van der Waals surface area contributed by atoms with Gasteiger partial charge in [0.15, 0.2) is 0 Å². The molecule has 0 atom stereocenters. The first-order valence-electron chi connectivity index (χ1n) is 3.53. The van der Waals surface area contributed by atoms with E-state index in [0.717, 1.165) is 12.2 Å². The van der Waals surface area contributed by atoms with Crippen molar-refractivity contribution in [3.05, 3.63) is 36.7 Å². The Morgan fingerprint density at radius 3 is 2.38 bits per heavy atom. The molecule has 5 heteroatoms. The summed E-state index contributed by atoms with van der Waals surface area (Å²) in [6.45, 7) is 0. The fourth-order valence-corrected chi connectivity index (χ4v) is 0.721. The Morgan fingerprint density at radius 1 is 1.23 bits per heavy atom. The van der Waals surface area contributed by atoms with Gasteiger partial charge in [0.2, 0.25) is 0 Å². The van der Waals surface area contributed by atoms with Crippen molar-refractivity contribution < 1.29 is 14.7 Å². The number of nitrogens with one attached hydrogen (secondary N) is 1. The van der Waals surface area contributed by atoms with Crippen molar-refractivity contribution in [1.82, 2.24) is 4.68 Å². The van der Waals surface area contributed by atoms with Crippen LogP contribution in [0, 0.1) is 0 Å². The molecule has 1 aromatic rings. The Balaban J connectivity index is 2.47. The Morgan fingerprint density at radius 2 is 1.85 bits per heavy atom. The van der Waals surface area contributed by atoms with Gasteiger partial charge >= 0.3 is 5.97 Å². The average molecular weight is 180 g/mol. The van der Waals surface area contributed by atoms with Gasteiger partial charge in [-0.3, -0.25) is 14.9 Å². The van der Waals surface area contributed by atoms with Gasteiger partial charge in [-0.25, -0.2) is 4.79 Å². The van der Waals surface area contributed by atoms with E-state index < -0.39 is 11.9 Å². The molecular formula is C8H8N2O3. The summed E-state index contributed by atoms with van der Waals surface area (Å²) in [6.07, 6.45) is 4.99. The number of carbonyl (C=O) groups excluding carboxylic acids is 1. The second-order valence-corrected chi connectivity index (χ2v) is 2.24. The summed E-state index contributed by atoms with van der Waals surface area (Å²) in [6, 6.07) is 3.47. The molecule has 0 aliphatic heterocycles. The summed E-state index contributed by atoms with van der Waals surface area (Å²) in [7, 11) is 0. The van der Waals surface area contributed by atoms with Crippen LogP contribution in [0.4, 0.5) is 0 Å². The monoisotopic (exact) mass is 180 g/mol. The van der Waals surface area contributed by atoms with Crippen molar-refractivity contribution in [2.24, 2.45) is 0 Å². The summed E-state index contributed by atoms with van der Waals surface area (Å²) >= 11 is 0. The third-order valence-electron chi connectivity index (χ3n) is 1.22. The zero-order valence-electron chi connectivity index (χ0n) is 6.68. The number of hydrogen-bond acceptors (Lipinski definition) is 2. The highest BCUT2D eigenvalue weighted by molar-refractivity contribution is 5.98. The molecule has 0 aliphatic rings. The van der Waals surface area contributed by atoms with E-state index in [1.165, 1.54) is 4.68 Å². The molecule has 5 nitrogen and oxygen atoms in total. The van der Waals surface area contributed by atoms with Crippen molar-refractivity contribution in [1.29, 1.82) is 0 Å². The molecule has 2 N–H and O–H groups in total. The molecule has 0 saturated heterocycles. The smallest absolute Gasteiger partial charge is 0.328 e.